The zero-order valence-corrected chi connectivity index (χ0v) is 10.5. The Morgan fingerprint density at radius 3 is 2.88 bits per heavy atom. The fourth-order valence-electron chi connectivity index (χ4n) is 1.36. The van der Waals surface area contributed by atoms with E-state index in [1.807, 2.05) is 12.1 Å². The number of rotatable bonds is 5. The SMILES string of the molecule is C=CCN(CCO)C(=O)c1cccc(Br)c1. The number of amides is 1. The maximum Gasteiger partial charge on any atom is 0.254 e. The van der Waals surface area contributed by atoms with E-state index < -0.39 is 0 Å². The Balaban J connectivity index is 2.85. The monoisotopic (exact) mass is 283 g/mol. The molecule has 1 rings (SSSR count). The molecule has 0 saturated heterocycles. The number of carbonyl (C=O) groups excluding carboxylic acids is 1. The van der Waals surface area contributed by atoms with Gasteiger partial charge in [0.15, 0.2) is 0 Å². The highest BCUT2D eigenvalue weighted by molar-refractivity contribution is 9.10. The molecule has 16 heavy (non-hydrogen) atoms. The fraction of sp³-hybridized carbons (Fsp3) is 0.250. The first kappa shape index (κ1) is 12.9. The van der Waals surface area contributed by atoms with Crippen LogP contribution in [0.5, 0.6) is 0 Å². The van der Waals surface area contributed by atoms with E-state index in [2.05, 4.69) is 22.5 Å². The second kappa shape index (κ2) is 6.45. The molecule has 0 aromatic heterocycles. The lowest BCUT2D eigenvalue weighted by Crippen LogP contribution is -2.33. The molecule has 0 heterocycles. The third-order valence-corrected chi connectivity index (χ3v) is 2.57. The van der Waals surface area contributed by atoms with Crippen LogP contribution in [-0.2, 0) is 0 Å². The van der Waals surface area contributed by atoms with Crippen LogP contribution in [0.3, 0.4) is 0 Å². The highest BCUT2D eigenvalue weighted by Crippen LogP contribution is 2.13. The van der Waals surface area contributed by atoms with Crippen molar-refractivity contribution in [2.24, 2.45) is 0 Å². The van der Waals surface area contributed by atoms with E-state index in [9.17, 15) is 4.79 Å². The second-order valence-electron chi connectivity index (χ2n) is 3.27. The maximum atomic E-state index is 12.0. The van der Waals surface area contributed by atoms with Gasteiger partial charge in [-0.3, -0.25) is 4.79 Å². The lowest BCUT2D eigenvalue weighted by Gasteiger charge is -2.19. The molecule has 0 atom stereocenters. The summed E-state index contributed by atoms with van der Waals surface area (Å²) in [6, 6.07) is 7.18. The van der Waals surface area contributed by atoms with Crippen LogP contribution < -0.4 is 0 Å². The Labute approximate surface area is 104 Å². The Hall–Kier alpha value is -1.13. The predicted octanol–water partition coefficient (Wildman–Crippen LogP) is 2.07. The van der Waals surface area contributed by atoms with Gasteiger partial charge in [0.2, 0.25) is 0 Å². The van der Waals surface area contributed by atoms with Crippen molar-refractivity contribution in [3.05, 3.63) is 47.0 Å². The van der Waals surface area contributed by atoms with E-state index in [0.29, 0.717) is 18.7 Å². The molecule has 3 nitrogen and oxygen atoms in total. The quantitative estimate of drug-likeness (QED) is 0.841. The van der Waals surface area contributed by atoms with Gasteiger partial charge in [0.1, 0.15) is 0 Å². The number of hydrogen-bond acceptors (Lipinski definition) is 2. The number of aliphatic hydroxyl groups is 1. The van der Waals surface area contributed by atoms with Gasteiger partial charge in [-0.25, -0.2) is 0 Å². The molecule has 86 valence electrons. The van der Waals surface area contributed by atoms with Crippen LogP contribution in [0.2, 0.25) is 0 Å². The lowest BCUT2D eigenvalue weighted by atomic mass is 10.2. The standard InChI is InChI=1S/C12H14BrNO2/c1-2-6-14(7-8-15)12(16)10-4-3-5-11(13)9-10/h2-5,9,15H,1,6-8H2. The Bertz CT molecular complexity index is 379. The average molecular weight is 284 g/mol. The van der Waals surface area contributed by atoms with Gasteiger partial charge in [0.25, 0.3) is 5.91 Å². The van der Waals surface area contributed by atoms with Crippen LogP contribution >= 0.6 is 15.9 Å². The van der Waals surface area contributed by atoms with Crippen LogP contribution in [0.1, 0.15) is 10.4 Å². The van der Waals surface area contributed by atoms with Gasteiger partial charge in [0.05, 0.1) is 6.61 Å². The summed E-state index contributed by atoms with van der Waals surface area (Å²) in [7, 11) is 0. The molecule has 0 bridgehead atoms. The minimum Gasteiger partial charge on any atom is -0.395 e. The molecule has 1 aromatic rings. The highest BCUT2D eigenvalue weighted by atomic mass is 79.9. The topological polar surface area (TPSA) is 40.5 Å². The molecule has 0 fully saturated rings. The summed E-state index contributed by atoms with van der Waals surface area (Å²) in [5, 5.41) is 8.88. The third-order valence-electron chi connectivity index (χ3n) is 2.08. The van der Waals surface area contributed by atoms with Crippen molar-refractivity contribution in [1.29, 1.82) is 0 Å². The average Bonchev–Trinajstić information content (AvgIpc) is 2.28. The predicted molar refractivity (Wildman–Crippen MR) is 67.3 cm³/mol. The minimum atomic E-state index is -0.102. The molecule has 1 amide bonds. The smallest absolute Gasteiger partial charge is 0.254 e. The van der Waals surface area contributed by atoms with Gasteiger partial charge in [-0.1, -0.05) is 28.1 Å². The van der Waals surface area contributed by atoms with Crippen molar-refractivity contribution < 1.29 is 9.90 Å². The molecule has 0 saturated carbocycles. The molecule has 1 aromatic carbocycles. The zero-order valence-electron chi connectivity index (χ0n) is 8.90. The number of halogens is 1. The number of aliphatic hydroxyl groups excluding tert-OH is 1. The van der Waals surface area contributed by atoms with Crippen molar-refractivity contribution in [3.8, 4) is 0 Å². The normalized spacial score (nSPS) is 9.88. The number of carbonyl (C=O) groups is 1. The molecule has 0 aliphatic rings. The van der Waals surface area contributed by atoms with E-state index >= 15 is 0 Å². The summed E-state index contributed by atoms with van der Waals surface area (Å²) in [4.78, 5) is 13.6. The van der Waals surface area contributed by atoms with Gasteiger partial charge < -0.3 is 10.0 Å². The van der Waals surface area contributed by atoms with E-state index in [4.69, 9.17) is 5.11 Å². The zero-order chi connectivity index (χ0) is 12.0. The second-order valence-corrected chi connectivity index (χ2v) is 4.19. The van der Waals surface area contributed by atoms with Gasteiger partial charge in [-0.15, -0.1) is 6.58 Å². The van der Waals surface area contributed by atoms with Crippen molar-refractivity contribution in [1.82, 2.24) is 4.90 Å². The summed E-state index contributed by atoms with van der Waals surface area (Å²) in [6.45, 7) is 4.30. The molecule has 0 spiro atoms. The van der Waals surface area contributed by atoms with Crippen LogP contribution in [0, 0.1) is 0 Å². The van der Waals surface area contributed by atoms with Gasteiger partial charge in [-0.2, -0.15) is 0 Å². The molecule has 4 heteroatoms. The number of hydrogen-bond donors (Lipinski definition) is 1. The molecule has 0 aliphatic carbocycles. The number of benzene rings is 1. The van der Waals surface area contributed by atoms with E-state index in [1.54, 1.807) is 23.1 Å². The van der Waals surface area contributed by atoms with Crippen molar-refractivity contribution in [3.63, 3.8) is 0 Å². The Morgan fingerprint density at radius 2 is 2.31 bits per heavy atom. The molecule has 0 radical (unpaired) electrons. The van der Waals surface area contributed by atoms with E-state index in [0.717, 1.165) is 4.47 Å². The van der Waals surface area contributed by atoms with Gasteiger partial charge in [0, 0.05) is 23.1 Å². The molecular weight excluding hydrogens is 270 g/mol. The number of nitrogens with zero attached hydrogens (tertiary/aromatic N) is 1. The first-order chi connectivity index (χ1) is 7.69. The van der Waals surface area contributed by atoms with Crippen LogP contribution in [0.4, 0.5) is 0 Å². The summed E-state index contributed by atoms with van der Waals surface area (Å²) in [6.07, 6.45) is 1.64. The first-order valence-corrected chi connectivity index (χ1v) is 5.75. The summed E-state index contributed by atoms with van der Waals surface area (Å²) >= 11 is 3.32. The first-order valence-electron chi connectivity index (χ1n) is 4.95. The van der Waals surface area contributed by atoms with Gasteiger partial charge >= 0.3 is 0 Å². The van der Waals surface area contributed by atoms with E-state index in [1.165, 1.54) is 0 Å². The minimum absolute atomic E-state index is 0.0480. The highest BCUT2D eigenvalue weighted by Gasteiger charge is 2.13. The molecular formula is C12H14BrNO2. The van der Waals surface area contributed by atoms with Crippen LogP contribution in [0.25, 0.3) is 0 Å². The molecule has 0 unspecified atom stereocenters. The fourth-order valence-corrected chi connectivity index (χ4v) is 1.76. The third kappa shape index (κ3) is 3.47. The summed E-state index contributed by atoms with van der Waals surface area (Å²) in [5.74, 6) is -0.102. The summed E-state index contributed by atoms with van der Waals surface area (Å²) in [5.41, 5.74) is 0.602. The Morgan fingerprint density at radius 1 is 1.56 bits per heavy atom. The Kier molecular flexibility index (Phi) is 5.22. The maximum absolute atomic E-state index is 12.0. The molecule has 1 N–H and O–H groups in total. The van der Waals surface area contributed by atoms with Crippen molar-refractivity contribution in [2.45, 2.75) is 0 Å². The largest absolute Gasteiger partial charge is 0.395 e. The van der Waals surface area contributed by atoms with Crippen molar-refractivity contribution >= 4 is 21.8 Å². The molecule has 0 aliphatic heterocycles. The van der Waals surface area contributed by atoms with Gasteiger partial charge in [-0.05, 0) is 18.2 Å². The van der Waals surface area contributed by atoms with Crippen molar-refractivity contribution in [2.75, 3.05) is 19.7 Å². The summed E-state index contributed by atoms with van der Waals surface area (Å²) < 4.78 is 0.862. The van der Waals surface area contributed by atoms with E-state index in [-0.39, 0.29) is 12.5 Å². The lowest BCUT2D eigenvalue weighted by molar-refractivity contribution is 0.0743. The van der Waals surface area contributed by atoms with Crippen LogP contribution in [0.15, 0.2) is 41.4 Å². The van der Waals surface area contributed by atoms with Crippen LogP contribution in [-0.4, -0.2) is 35.6 Å².